The van der Waals surface area contributed by atoms with Crippen LogP contribution in [0, 0.1) is 11.3 Å². The fraction of sp³-hybridized carbons (Fsp3) is 0.778. The summed E-state index contributed by atoms with van der Waals surface area (Å²) in [5.41, 5.74) is 0. The second-order valence-electron chi connectivity index (χ2n) is 2.92. The summed E-state index contributed by atoms with van der Waals surface area (Å²) in [7, 11) is 0. The van der Waals surface area contributed by atoms with E-state index in [0.29, 0.717) is 13.0 Å². The molecule has 0 aromatic heterocycles. The van der Waals surface area contributed by atoms with Gasteiger partial charge in [-0.15, -0.1) is 0 Å². The summed E-state index contributed by atoms with van der Waals surface area (Å²) in [4.78, 5) is 12.2. The van der Waals surface area contributed by atoms with Crippen molar-refractivity contribution in [3.05, 3.63) is 0 Å². The molecule has 0 aromatic rings. The average Bonchev–Trinajstić information content (AvgIpc) is 2.05. The fourth-order valence-electron chi connectivity index (χ4n) is 1.24. The van der Waals surface area contributed by atoms with Crippen molar-refractivity contribution in [1.29, 1.82) is 5.26 Å². The van der Waals surface area contributed by atoms with Gasteiger partial charge in [0.2, 0.25) is 0 Å². The van der Waals surface area contributed by atoms with Crippen molar-refractivity contribution in [1.82, 2.24) is 4.90 Å². The summed E-state index contributed by atoms with van der Waals surface area (Å²) in [5.74, 6) is -0.873. The molecule has 0 heterocycles. The van der Waals surface area contributed by atoms with Gasteiger partial charge in [0.25, 0.3) is 0 Å². The highest BCUT2D eigenvalue weighted by Crippen LogP contribution is 2.03. The molecule has 13 heavy (non-hydrogen) atoms. The Kier molecular flexibility index (Phi) is 5.90. The Bertz CT molecular complexity index is 198. The molecule has 0 saturated carbocycles. The molecule has 0 amide bonds. The van der Waals surface area contributed by atoms with Crippen molar-refractivity contribution in [2.24, 2.45) is 0 Å². The van der Waals surface area contributed by atoms with E-state index >= 15 is 0 Å². The highest BCUT2D eigenvalue weighted by atomic mass is 16.4. The smallest absolute Gasteiger partial charge is 0.317 e. The third-order valence-corrected chi connectivity index (χ3v) is 1.83. The molecule has 0 aliphatic heterocycles. The molecule has 0 aliphatic rings. The van der Waals surface area contributed by atoms with Crippen LogP contribution in [0.1, 0.15) is 26.7 Å². The van der Waals surface area contributed by atoms with Gasteiger partial charge in [-0.3, -0.25) is 9.69 Å². The van der Waals surface area contributed by atoms with Crippen molar-refractivity contribution in [2.75, 3.05) is 13.1 Å². The van der Waals surface area contributed by atoms with E-state index in [1.54, 1.807) is 4.90 Å². The largest absolute Gasteiger partial charge is 0.480 e. The third-order valence-electron chi connectivity index (χ3n) is 1.83. The van der Waals surface area contributed by atoms with Gasteiger partial charge in [-0.25, -0.2) is 0 Å². The summed E-state index contributed by atoms with van der Waals surface area (Å²) in [6, 6.07) is 1.84. The number of aliphatic carboxylic acids is 1. The lowest BCUT2D eigenvalue weighted by atomic mass is 10.2. The van der Waals surface area contributed by atoms with Crippen LogP contribution in [0.4, 0.5) is 0 Å². The molecule has 0 fully saturated rings. The highest BCUT2D eigenvalue weighted by molar-refractivity contribution is 5.69. The summed E-state index contributed by atoms with van der Waals surface area (Å²) in [6.07, 6.45) is 1.54. The van der Waals surface area contributed by atoms with Crippen molar-refractivity contribution >= 4 is 5.97 Å². The Labute approximate surface area is 78.8 Å². The molecular formula is C9H16N2O2. The van der Waals surface area contributed by atoms with Crippen molar-refractivity contribution < 1.29 is 9.90 Å². The van der Waals surface area contributed by atoms with Crippen molar-refractivity contribution in [3.63, 3.8) is 0 Å². The maximum atomic E-state index is 10.5. The van der Waals surface area contributed by atoms with Gasteiger partial charge in [-0.1, -0.05) is 13.8 Å². The average molecular weight is 184 g/mol. The SMILES string of the molecule is CCCN(CC(=O)O)C(C#N)CC. The first-order valence-electron chi connectivity index (χ1n) is 4.51. The number of carbonyl (C=O) groups is 1. The van der Waals surface area contributed by atoms with Gasteiger partial charge >= 0.3 is 5.97 Å². The van der Waals surface area contributed by atoms with Gasteiger partial charge in [0.1, 0.15) is 0 Å². The molecule has 0 bridgehead atoms. The minimum absolute atomic E-state index is 0.0418. The summed E-state index contributed by atoms with van der Waals surface area (Å²) in [6.45, 7) is 4.48. The molecule has 0 aliphatic carbocycles. The number of carboxylic acids is 1. The van der Waals surface area contributed by atoms with Crippen LogP contribution in [0.2, 0.25) is 0 Å². The minimum Gasteiger partial charge on any atom is -0.480 e. The highest BCUT2D eigenvalue weighted by Gasteiger charge is 2.17. The van der Waals surface area contributed by atoms with E-state index < -0.39 is 5.97 Å². The maximum Gasteiger partial charge on any atom is 0.317 e. The Balaban J connectivity index is 4.22. The number of carboxylic acid groups (broad SMARTS) is 1. The van der Waals surface area contributed by atoms with Gasteiger partial charge in [0.15, 0.2) is 0 Å². The van der Waals surface area contributed by atoms with E-state index in [-0.39, 0.29) is 12.6 Å². The van der Waals surface area contributed by atoms with Crippen LogP contribution >= 0.6 is 0 Å². The lowest BCUT2D eigenvalue weighted by Crippen LogP contribution is -2.38. The Morgan fingerprint density at radius 3 is 2.54 bits per heavy atom. The topological polar surface area (TPSA) is 64.3 Å². The Morgan fingerprint density at radius 1 is 1.62 bits per heavy atom. The van der Waals surface area contributed by atoms with Gasteiger partial charge < -0.3 is 5.11 Å². The molecule has 0 rings (SSSR count). The van der Waals surface area contributed by atoms with Crippen LogP contribution in [-0.4, -0.2) is 35.1 Å². The molecule has 4 nitrogen and oxygen atoms in total. The molecule has 1 unspecified atom stereocenters. The van der Waals surface area contributed by atoms with E-state index in [4.69, 9.17) is 10.4 Å². The first-order valence-corrected chi connectivity index (χ1v) is 4.51. The van der Waals surface area contributed by atoms with Gasteiger partial charge in [0, 0.05) is 0 Å². The predicted octanol–water partition coefficient (Wildman–Crippen LogP) is 1.09. The standard InChI is InChI=1S/C9H16N2O2/c1-3-5-11(7-9(12)13)8(4-2)6-10/h8H,3-5,7H2,1-2H3,(H,12,13). The molecule has 74 valence electrons. The minimum atomic E-state index is -0.873. The molecular weight excluding hydrogens is 168 g/mol. The van der Waals surface area contributed by atoms with E-state index in [1.165, 1.54) is 0 Å². The number of hydrogen-bond donors (Lipinski definition) is 1. The van der Waals surface area contributed by atoms with Crippen LogP contribution in [0.15, 0.2) is 0 Å². The monoisotopic (exact) mass is 184 g/mol. The lowest BCUT2D eigenvalue weighted by Gasteiger charge is -2.23. The first-order chi connectivity index (χ1) is 6.15. The molecule has 1 N–H and O–H groups in total. The number of nitriles is 1. The summed E-state index contributed by atoms with van der Waals surface area (Å²) in [5, 5.41) is 17.4. The number of rotatable bonds is 6. The quantitative estimate of drug-likeness (QED) is 0.671. The van der Waals surface area contributed by atoms with Gasteiger partial charge in [-0.05, 0) is 19.4 Å². The molecule has 1 atom stereocenters. The first kappa shape index (κ1) is 11.9. The Hall–Kier alpha value is -1.08. The lowest BCUT2D eigenvalue weighted by molar-refractivity contribution is -0.138. The second kappa shape index (κ2) is 6.44. The zero-order valence-electron chi connectivity index (χ0n) is 8.16. The van der Waals surface area contributed by atoms with Crippen LogP contribution in [0.5, 0.6) is 0 Å². The third kappa shape index (κ3) is 4.48. The molecule has 0 spiro atoms. The van der Waals surface area contributed by atoms with Crippen LogP contribution < -0.4 is 0 Å². The van der Waals surface area contributed by atoms with Crippen LogP contribution in [-0.2, 0) is 4.79 Å². The van der Waals surface area contributed by atoms with Crippen LogP contribution in [0.3, 0.4) is 0 Å². The van der Waals surface area contributed by atoms with E-state index in [0.717, 1.165) is 6.42 Å². The summed E-state index contributed by atoms with van der Waals surface area (Å²) >= 11 is 0. The van der Waals surface area contributed by atoms with Crippen molar-refractivity contribution in [2.45, 2.75) is 32.7 Å². The number of nitrogens with zero attached hydrogens (tertiary/aromatic N) is 2. The normalized spacial score (nSPS) is 12.5. The predicted molar refractivity (Wildman–Crippen MR) is 49.2 cm³/mol. The molecule has 0 saturated heterocycles. The van der Waals surface area contributed by atoms with Crippen molar-refractivity contribution in [3.8, 4) is 6.07 Å². The number of hydrogen-bond acceptors (Lipinski definition) is 3. The maximum absolute atomic E-state index is 10.5. The fourth-order valence-corrected chi connectivity index (χ4v) is 1.24. The van der Waals surface area contributed by atoms with Crippen LogP contribution in [0.25, 0.3) is 0 Å². The van der Waals surface area contributed by atoms with E-state index in [9.17, 15) is 4.79 Å². The van der Waals surface area contributed by atoms with E-state index in [2.05, 4.69) is 6.07 Å². The molecule has 4 heteroatoms. The van der Waals surface area contributed by atoms with Gasteiger partial charge in [-0.2, -0.15) is 5.26 Å². The van der Waals surface area contributed by atoms with E-state index in [1.807, 2.05) is 13.8 Å². The zero-order valence-corrected chi connectivity index (χ0v) is 8.16. The zero-order chi connectivity index (χ0) is 10.3. The Morgan fingerprint density at radius 2 is 2.23 bits per heavy atom. The summed E-state index contributed by atoms with van der Waals surface area (Å²) < 4.78 is 0. The van der Waals surface area contributed by atoms with Gasteiger partial charge in [0.05, 0.1) is 18.7 Å². The second-order valence-corrected chi connectivity index (χ2v) is 2.92. The molecule has 0 radical (unpaired) electrons. The molecule has 0 aromatic carbocycles.